The molecule has 1 aliphatic carbocycles. The summed E-state index contributed by atoms with van der Waals surface area (Å²) in [7, 11) is 0. The predicted molar refractivity (Wildman–Crippen MR) is 89.7 cm³/mol. The molecule has 4 rings (SSSR count). The third kappa shape index (κ3) is 2.66. The van der Waals surface area contributed by atoms with Gasteiger partial charge in [-0.15, -0.1) is 10.2 Å². The molecule has 0 spiro atoms. The lowest BCUT2D eigenvalue weighted by Gasteiger charge is -2.14. The molecule has 23 heavy (non-hydrogen) atoms. The van der Waals surface area contributed by atoms with E-state index in [0.29, 0.717) is 27.9 Å². The number of nitrogens with two attached hydrogens (primary N) is 1. The summed E-state index contributed by atoms with van der Waals surface area (Å²) in [6.07, 6.45) is 6.40. The van der Waals surface area contributed by atoms with Crippen LogP contribution in [0.1, 0.15) is 24.1 Å². The van der Waals surface area contributed by atoms with Gasteiger partial charge in [0.25, 0.3) is 0 Å². The number of aromatic nitrogens is 3. The Bertz CT molecular complexity index is 897. The quantitative estimate of drug-likeness (QED) is 0.714. The number of fused-ring (bicyclic) bond motifs is 2. The maximum Gasteiger partial charge on any atom is 0.185 e. The first-order chi connectivity index (χ1) is 11.2. The third-order valence-electron chi connectivity index (χ3n) is 3.98. The number of hydrogen-bond donors (Lipinski definition) is 1. The van der Waals surface area contributed by atoms with Gasteiger partial charge in [-0.1, -0.05) is 11.6 Å². The molecule has 1 aliphatic rings. The zero-order valence-corrected chi connectivity index (χ0v) is 13.2. The van der Waals surface area contributed by atoms with Gasteiger partial charge in [-0.2, -0.15) is 5.11 Å². The molecular formula is C16H15ClN6. The summed E-state index contributed by atoms with van der Waals surface area (Å²) < 4.78 is 1.70. The van der Waals surface area contributed by atoms with Crippen LogP contribution >= 0.6 is 11.6 Å². The van der Waals surface area contributed by atoms with Crippen molar-refractivity contribution in [3.63, 3.8) is 0 Å². The van der Waals surface area contributed by atoms with Crippen LogP contribution < -0.4 is 5.73 Å². The van der Waals surface area contributed by atoms with Crippen molar-refractivity contribution in [1.82, 2.24) is 14.6 Å². The van der Waals surface area contributed by atoms with E-state index in [2.05, 4.69) is 15.3 Å². The number of halogens is 1. The third-order valence-corrected chi connectivity index (χ3v) is 4.23. The van der Waals surface area contributed by atoms with Crippen molar-refractivity contribution in [2.45, 2.75) is 25.7 Å². The van der Waals surface area contributed by atoms with Crippen LogP contribution in [-0.2, 0) is 12.8 Å². The van der Waals surface area contributed by atoms with Crippen LogP contribution in [0.2, 0.25) is 5.02 Å². The molecule has 3 aromatic rings. The van der Waals surface area contributed by atoms with Crippen LogP contribution in [0, 0.1) is 0 Å². The largest absolute Gasteiger partial charge is 0.380 e. The first kappa shape index (κ1) is 14.1. The monoisotopic (exact) mass is 326 g/mol. The molecule has 7 heteroatoms. The summed E-state index contributed by atoms with van der Waals surface area (Å²) >= 11 is 5.87. The molecular weight excluding hydrogens is 312 g/mol. The lowest BCUT2D eigenvalue weighted by atomic mass is 9.98. The summed E-state index contributed by atoms with van der Waals surface area (Å²) in [5.74, 6) is 0.331. The molecule has 0 bridgehead atoms. The van der Waals surface area contributed by atoms with Gasteiger partial charge >= 0.3 is 0 Å². The molecule has 2 heterocycles. The molecule has 0 aliphatic heterocycles. The number of aryl methyl sites for hydroxylation is 2. The molecule has 6 nitrogen and oxygen atoms in total. The van der Waals surface area contributed by atoms with E-state index in [1.807, 2.05) is 6.20 Å². The standard InChI is InChI=1S/C16H15ClN6/c17-11-5-7-12(8-6-11)20-21-14-15(18)22-23-9-10-3-1-2-4-13(10)19-16(14)23/h5-9H,1-4H2,(H2,18,22). The zero-order chi connectivity index (χ0) is 15.8. The van der Waals surface area contributed by atoms with Crippen LogP contribution in [0.4, 0.5) is 17.2 Å². The minimum Gasteiger partial charge on any atom is -0.380 e. The van der Waals surface area contributed by atoms with Gasteiger partial charge in [0, 0.05) is 16.9 Å². The second-order valence-corrected chi connectivity index (χ2v) is 6.03. The summed E-state index contributed by atoms with van der Waals surface area (Å²) in [6.45, 7) is 0. The maximum atomic E-state index is 5.99. The van der Waals surface area contributed by atoms with E-state index in [9.17, 15) is 0 Å². The Kier molecular flexibility index (Phi) is 3.46. The number of hydrogen-bond acceptors (Lipinski definition) is 5. The summed E-state index contributed by atoms with van der Waals surface area (Å²) in [5.41, 5.74) is 10.2. The van der Waals surface area contributed by atoms with E-state index in [1.54, 1.807) is 28.8 Å². The SMILES string of the molecule is Nc1nn2cc3c(nc2c1N=Nc1ccc(Cl)cc1)CCCC3. The van der Waals surface area contributed by atoms with Gasteiger partial charge in [-0.25, -0.2) is 9.50 Å². The number of nitrogen functional groups attached to an aromatic ring is 1. The summed E-state index contributed by atoms with van der Waals surface area (Å²) in [6, 6.07) is 7.13. The highest BCUT2D eigenvalue weighted by atomic mass is 35.5. The van der Waals surface area contributed by atoms with E-state index in [4.69, 9.17) is 22.3 Å². The molecule has 116 valence electrons. The Morgan fingerprint density at radius 3 is 2.70 bits per heavy atom. The van der Waals surface area contributed by atoms with Gasteiger partial charge in [0.05, 0.1) is 5.69 Å². The van der Waals surface area contributed by atoms with Gasteiger partial charge in [0.2, 0.25) is 0 Å². The predicted octanol–water partition coefficient (Wildman–Crippen LogP) is 4.26. The Balaban J connectivity index is 1.77. The maximum absolute atomic E-state index is 5.99. The van der Waals surface area contributed by atoms with Gasteiger partial charge < -0.3 is 5.73 Å². The van der Waals surface area contributed by atoms with Crippen molar-refractivity contribution in [3.05, 3.63) is 46.7 Å². The number of azo groups is 1. The Hall–Kier alpha value is -2.47. The van der Waals surface area contributed by atoms with Crippen molar-refractivity contribution in [2.24, 2.45) is 10.2 Å². The van der Waals surface area contributed by atoms with Gasteiger partial charge in [-0.3, -0.25) is 0 Å². The van der Waals surface area contributed by atoms with Crippen LogP contribution in [-0.4, -0.2) is 14.6 Å². The van der Waals surface area contributed by atoms with Crippen LogP contribution in [0.5, 0.6) is 0 Å². The summed E-state index contributed by atoms with van der Waals surface area (Å²) in [5, 5.41) is 13.4. The smallest absolute Gasteiger partial charge is 0.185 e. The average Bonchev–Trinajstić information content (AvgIpc) is 2.86. The minimum absolute atomic E-state index is 0.331. The highest BCUT2D eigenvalue weighted by molar-refractivity contribution is 6.30. The van der Waals surface area contributed by atoms with Crippen LogP contribution in [0.25, 0.3) is 5.65 Å². The number of anilines is 1. The van der Waals surface area contributed by atoms with Crippen molar-refractivity contribution < 1.29 is 0 Å². The molecule has 1 aromatic carbocycles. The van der Waals surface area contributed by atoms with Crippen molar-refractivity contribution in [1.29, 1.82) is 0 Å². The normalized spacial score (nSPS) is 14.5. The molecule has 0 unspecified atom stereocenters. The number of nitrogens with zero attached hydrogens (tertiary/aromatic N) is 5. The van der Waals surface area contributed by atoms with Crippen molar-refractivity contribution in [2.75, 3.05) is 5.73 Å². The Morgan fingerprint density at radius 1 is 1.09 bits per heavy atom. The fraction of sp³-hybridized carbons (Fsp3) is 0.250. The lowest BCUT2D eigenvalue weighted by molar-refractivity contribution is 0.660. The molecule has 0 saturated heterocycles. The van der Waals surface area contributed by atoms with Gasteiger partial charge in [0.15, 0.2) is 17.2 Å². The average molecular weight is 327 g/mol. The van der Waals surface area contributed by atoms with Crippen LogP contribution in [0.3, 0.4) is 0 Å². The molecule has 0 saturated carbocycles. The van der Waals surface area contributed by atoms with Crippen LogP contribution in [0.15, 0.2) is 40.7 Å². The molecule has 0 atom stereocenters. The topological polar surface area (TPSA) is 80.9 Å². The van der Waals surface area contributed by atoms with E-state index in [-0.39, 0.29) is 0 Å². The Labute approximate surface area is 138 Å². The second-order valence-electron chi connectivity index (χ2n) is 5.60. The first-order valence-electron chi connectivity index (χ1n) is 7.54. The zero-order valence-electron chi connectivity index (χ0n) is 12.4. The van der Waals surface area contributed by atoms with E-state index in [0.717, 1.165) is 18.5 Å². The Morgan fingerprint density at radius 2 is 1.87 bits per heavy atom. The molecule has 0 fully saturated rings. The van der Waals surface area contributed by atoms with E-state index >= 15 is 0 Å². The number of benzene rings is 1. The molecule has 2 aromatic heterocycles. The van der Waals surface area contributed by atoms with Gasteiger partial charge in [0.1, 0.15) is 0 Å². The van der Waals surface area contributed by atoms with E-state index in [1.165, 1.54) is 18.4 Å². The lowest BCUT2D eigenvalue weighted by Crippen LogP contribution is -2.07. The summed E-state index contributed by atoms with van der Waals surface area (Å²) in [4.78, 5) is 4.71. The van der Waals surface area contributed by atoms with Crippen molar-refractivity contribution >= 4 is 34.4 Å². The molecule has 0 amide bonds. The van der Waals surface area contributed by atoms with Gasteiger partial charge in [-0.05, 0) is 55.5 Å². The second kappa shape index (κ2) is 5.62. The minimum atomic E-state index is 0.331. The molecule has 2 N–H and O–H groups in total. The highest BCUT2D eigenvalue weighted by Gasteiger charge is 2.17. The fourth-order valence-electron chi connectivity index (χ4n) is 2.79. The molecule has 0 radical (unpaired) electrons. The van der Waals surface area contributed by atoms with E-state index < -0.39 is 0 Å². The first-order valence-corrected chi connectivity index (χ1v) is 7.92. The highest BCUT2D eigenvalue weighted by Crippen LogP contribution is 2.30. The number of rotatable bonds is 2. The fourth-order valence-corrected chi connectivity index (χ4v) is 2.92. The van der Waals surface area contributed by atoms with Crippen molar-refractivity contribution in [3.8, 4) is 0 Å².